The Labute approximate surface area is 129 Å². The van der Waals surface area contributed by atoms with Crippen LogP contribution >= 0.6 is 15.9 Å². The van der Waals surface area contributed by atoms with E-state index in [-0.39, 0.29) is 0 Å². The van der Waals surface area contributed by atoms with E-state index < -0.39 is 0 Å². The average molecular weight is 336 g/mol. The minimum atomic E-state index is 0.333. The predicted octanol–water partition coefficient (Wildman–Crippen LogP) is 3.51. The molecule has 108 valence electrons. The molecule has 4 heteroatoms. The number of hydrogen-bond acceptors (Lipinski definition) is 2. The number of aryl methyl sites for hydroxylation is 2. The fraction of sp³-hybridized carbons (Fsp3) is 0.438. The third kappa shape index (κ3) is 3.49. The molecule has 1 aromatic heterocycles. The summed E-state index contributed by atoms with van der Waals surface area (Å²) in [6.45, 7) is 5.82. The zero-order valence-electron chi connectivity index (χ0n) is 12.1. The Morgan fingerprint density at radius 1 is 1.30 bits per heavy atom. The van der Waals surface area contributed by atoms with E-state index in [1.54, 1.807) is 0 Å². The molecule has 0 bridgehead atoms. The van der Waals surface area contributed by atoms with E-state index in [4.69, 9.17) is 5.73 Å². The van der Waals surface area contributed by atoms with Crippen LogP contribution in [0.3, 0.4) is 0 Å². The van der Waals surface area contributed by atoms with Crippen molar-refractivity contribution >= 4 is 15.9 Å². The van der Waals surface area contributed by atoms with Crippen LogP contribution in [0.1, 0.15) is 36.7 Å². The molecule has 0 aliphatic carbocycles. The smallest absolute Gasteiger partial charge is 0.0624 e. The summed E-state index contributed by atoms with van der Waals surface area (Å²) in [6, 6.07) is 10.6. The largest absolute Gasteiger partial charge is 0.330 e. The van der Waals surface area contributed by atoms with Crippen LogP contribution in [0.4, 0.5) is 0 Å². The quantitative estimate of drug-likeness (QED) is 0.877. The van der Waals surface area contributed by atoms with Crippen LogP contribution in [0.15, 0.2) is 34.8 Å². The van der Waals surface area contributed by atoms with Crippen LogP contribution in [0, 0.1) is 0 Å². The van der Waals surface area contributed by atoms with E-state index in [1.807, 2.05) is 6.07 Å². The minimum Gasteiger partial charge on any atom is -0.330 e. The summed E-state index contributed by atoms with van der Waals surface area (Å²) in [7, 11) is 0. The summed E-state index contributed by atoms with van der Waals surface area (Å²) in [4.78, 5) is 0. The van der Waals surface area contributed by atoms with Gasteiger partial charge in [0.25, 0.3) is 0 Å². The van der Waals surface area contributed by atoms with Crippen LogP contribution in [0.25, 0.3) is 0 Å². The molecule has 2 rings (SSSR count). The normalized spacial score (nSPS) is 12.6. The van der Waals surface area contributed by atoms with Crippen molar-refractivity contribution in [3.63, 3.8) is 0 Å². The molecule has 2 N–H and O–H groups in total. The van der Waals surface area contributed by atoms with E-state index >= 15 is 0 Å². The second-order valence-corrected chi connectivity index (χ2v) is 5.90. The Morgan fingerprint density at radius 2 is 2.10 bits per heavy atom. The lowest BCUT2D eigenvalue weighted by Crippen LogP contribution is -2.17. The second kappa shape index (κ2) is 7.04. The van der Waals surface area contributed by atoms with Gasteiger partial charge in [0.05, 0.1) is 5.69 Å². The van der Waals surface area contributed by atoms with Crippen molar-refractivity contribution in [2.24, 2.45) is 5.73 Å². The van der Waals surface area contributed by atoms with E-state index in [2.05, 4.69) is 63.8 Å². The monoisotopic (exact) mass is 335 g/mol. The van der Waals surface area contributed by atoms with Crippen molar-refractivity contribution in [2.75, 3.05) is 6.54 Å². The Morgan fingerprint density at radius 3 is 2.70 bits per heavy atom. The topological polar surface area (TPSA) is 43.8 Å². The summed E-state index contributed by atoms with van der Waals surface area (Å²) < 4.78 is 3.20. The molecule has 1 unspecified atom stereocenters. The first-order chi connectivity index (χ1) is 9.67. The third-order valence-corrected chi connectivity index (χ3v) is 4.13. The molecule has 0 spiro atoms. The summed E-state index contributed by atoms with van der Waals surface area (Å²) in [5.41, 5.74) is 9.71. The predicted molar refractivity (Wildman–Crippen MR) is 86.9 cm³/mol. The molecule has 0 aliphatic rings. The molecule has 1 aromatic carbocycles. The zero-order chi connectivity index (χ0) is 14.5. The highest BCUT2D eigenvalue weighted by Crippen LogP contribution is 2.23. The van der Waals surface area contributed by atoms with Crippen molar-refractivity contribution in [2.45, 2.75) is 39.2 Å². The van der Waals surface area contributed by atoms with Crippen molar-refractivity contribution < 1.29 is 0 Å². The number of aromatic nitrogens is 2. The molecule has 0 aliphatic heterocycles. The van der Waals surface area contributed by atoms with E-state index in [1.165, 1.54) is 11.3 Å². The van der Waals surface area contributed by atoms with Crippen LogP contribution in [-0.2, 0) is 19.4 Å². The van der Waals surface area contributed by atoms with Crippen molar-refractivity contribution in [3.8, 4) is 0 Å². The van der Waals surface area contributed by atoms with Crippen molar-refractivity contribution in [1.29, 1.82) is 0 Å². The molecular weight excluding hydrogens is 314 g/mol. The van der Waals surface area contributed by atoms with Gasteiger partial charge in [-0.15, -0.1) is 0 Å². The molecule has 0 amide bonds. The van der Waals surface area contributed by atoms with Gasteiger partial charge in [0.15, 0.2) is 0 Å². The third-order valence-electron chi connectivity index (χ3n) is 3.64. The van der Waals surface area contributed by atoms with Gasteiger partial charge in [0.1, 0.15) is 0 Å². The lowest BCUT2D eigenvalue weighted by Gasteiger charge is -2.16. The highest BCUT2D eigenvalue weighted by atomic mass is 79.9. The van der Waals surface area contributed by atoms with Gasteiger partial charge in [-0.2, -0.15) is 5.10 Å². The molecule has 0 fully saturated rings. The first kappa shape index (κ1) is 15.3. The molecule has 3 nitrogen and oxygen atoms in total. The minimum absolute atomic E-state index is 0.333. The molecular formula is C16H22BrN3. The standard InChI is InChI=1S/C16H22BrN3/c1-3-15-10-16(20(4-2)19-15)9-13(11-18)12-6-5-7-14(17)8-12/h5-8,10,13H,3-4,9,11,18H2,1-2H3. The van der Waals surface area contributed by atoms with Crippen LogP contribution in [0.2, 0.25) is 0 Å². The Kier molecular flexibility index (Phi) is 5.38. The van der Waals surface area contributed by atoms with Gasteiger partial charge in [-0.1, -0.05) is 35.0 Å². The Balaban J connectivity index is 2.24. The average Bonchev–Trinajstić information content (AvgIpc) is 2.87. The molecule has 0 radical (unpaired) electrons. The maximum atomic E-state index is 5.99. The van der Waals surface area contributed by atoms with E-state index in [0.717, 1.165) is 29.6 Å². The highest BCUT2D eigenvalue weighted by Gasteiger charge is 2.15. The molecule has 20 heavy (non-hydrogen) atoms. The number of halogens is 1. The number of nitrogens with two attached hydrogens (primary N) is 1. The molecule has 2 aromatic rings. The summed E-state index contributed by atoms with van der Waals surface area (Å²) in [5.74, 6) is 0.333. The number of rotatable bonds is 6. The fourth-order valence-electron chi connectivity index (χ4n) is 2.48. The van der Waals surface area contributed by atoms with Gasteiger partial charge in [0, 0.05) is 22.6 Å². The van der Waals surface area contributed by atoms with E-state index in [9.17, 15) is 0 Å². The maximum absolute atomic E-state index is 5.99. The Hall–Kier alpha value is -1.13. The maximum Gasteiger partial charge on any atom is 0.0624 e. The lowest BCUT2D eigenvalue weighted by atomic mass is 9.94. The molecule has 1 heterocycles. The van der Waals surface area contributed by atoms with Crippen molar-refractivity contribution in [1.82, 2.24) is 9.78 Å². The van der Waals surface area contributed by atoms with Gasteiger partial charge < -0.3 is 5.73 Å². The van der Waals surface area contributed by atoms with Gasteiger partial charge in [0.2, 0.25) is 0 Å². The summed E-state index contributed by atoms with van der Waals surface area (Å²) in [6.07, 6.45) is 1.91. The highest BCUT2D eigenvalue weighted by molar-refractivity contribution is 9.10. The molecule has 0 saturated heterocycles. The van der Waals surface area contributed by atoms with Crippen LogP contribution in [-0.4, -0.2) is 16.3 Å². The fourth-order valence-corrected chi connectivity index (χ4v) is 2.89. The van der Waals surface area contributed by atoms with E-state index in [0.29, 0.717) is 12.5 Å². The first-order valence-electron chi connectivity index (χ1n) is 7.19. The summed E-state index contributed by atoms with van der Waals surface area (Å²) in [5, 5.41) is 4.61. The van der Waals surface area contributed by atoms with Gasteiger partial charge in [-0.3, -0.25) is 4.68 Å². The molecule has 1 atom stereocenters. The molecule has 0 saturated carbocycles. The SMILES string of the molecule is CCc1cc(CC(CN)c2cccc(Br)c2)n(CC)n1. The Bertz CT molecular complexity index is 563. The van der Waals surface area contributed by atoms with Crippen molar-refractivity contribution in [3.05, 3.63) is 51.8 Å². The zero-order valence-corrected chi connectivity index (χ0v) is 13.7. The lowest BCUT2D eigenvalue weighted by molar-refractivity contribution is 0.581. The number of hydrogen-bond donors (Lipinski definition) is 1. The van der Waals surface area contributed by atoms with Gasteiger partial charge in [-0.05, 0) is 50.1 Å². The second-order valence-electron chi connectivity index (χ2n) is 4.99. The van der Waals surface area contributed by atoms with Gasteiger partial charge in [-0.25, -0.2) is 0 Å². The summed E-state index contributed by atoms with van der Waals surface area (Å²) >= 11 is 3.53. The number of nitrogens with zero attached hydrogens (tertiary/aromatic N) is 2. The van der Waals surface area contributed by atoms with Crippen LogP contribution < -0.4 is 5.73 Å². The van der Waals surface area contributed by atoms with Crippen LogP contribution in [0.5, 0.6) is 0 Å². The van der Waals surface area contributed by atoms with Gasteiger partial charge >= 0.3 is 0 Å². The first-order valence-corrected chi connectivity index (χ1v) is 7.98. The number of benzene rings is 1.